The molecule has 2 N–H and O–H groups in total. The molecule has 1 aliphatic heterocycles. The summed E-state index contributed by atoms with van der Waals surface area (Å²) in [6.07, 6.45) is 0.426. The Labute approximate surface area is 63.7 Å². The van der Waals surface area contributed by atoms with E-state index in [1.165, 1.54) is 0 Å². The lowest BCUT2D eigenvalue weighted by Crippen LogP contribution is -2.03. The first-order valence-electron chi connectivity index (χ1n) is 3.37. The summed E-state index contributed by atoms with van der Waals surface area (Å²) in [5.41, 5.74) is 1.68. The van der Waals surface area contributed by atoms with Crippen molar-refractivity contribution in [1.82, 2.24) is 0 Å². The number of rotatable bonds is 0. The Morgan fingerprint density at radius 2 is 2.27 bits per heavy atom. The van der Waals surface area contributed by atoms with E-state index in [0.29, 0.717) is 6.42 Å². The maximum Gasteiger partial charge on any atom is 0.228 e. The first-order valence-corrected chi connectivity index (χ1v) is 3.37. The van der Waals surface area contributed by atoms with Crippen LogP contribution in [-0.2, 0) is 11.2 Å². The standard InChI is InChI=1S/C8H7NO2/c10-6-2-1-5-3-8(11)9-7(5)4-6/h1-2,4,10H,3H2,(H,9,11). The number of benzene rings is 1. The number of phenolic OH excluding ortho intramolecular Hbond substituents is 1. The fourth-order valence-electron chi connectivity index (χ4n) is 1.20. The molecule has 2 rings (SSSR count). The Balaban J connectivity index is 2.51. The number of amides is 1. The zero-order valence-corrected chi connectivity index (χ0v) is 5.79. The SMILES string of the molecule is O=C1Cc2ccc(O)cc2N1. The van der Waals surface area contributed by atoms with Gasteiger partial charge in [0, 0.05) is 11.8 Å². The van der Waals surface area contributed by atoms with E-state index in [2.05, 4.69) is 5.32 Å². The monoisotopic (exact) mass is 149 g/mol. The molecule has 0 unspecified atom stereocenters. The van der Waals surface area contributed by atoms with Crippen LogP contribution in [0.3, 0.4) is 0 Å². The average molecular weight is 149 g/mol. The van der Waals surface area contributed by atoms with Crippen LogP contribution >= 0.6 is 0 Å². The van der Waals surface area contributed by atoms with Gasteiger partial charge in [-0.25, -0.2) is 0 Å². The Bertz CT molecular complexity index is 320. The molecule has 0 saturated heterocycles. The van der Waals surface area contributed by atoms with Gasteiger partial charge in [0.2, 0.25) is 5.91 Å². The summed E-state index contributed by atoms with van der Waals surface area (Å²) in [6, 6.07) is 4.89. The number of aromatic hydroxyl groups is 1. The van der Waals surface area contributed by atoms with Crippen molar-refractivity contribution in [1.29, 1.82) is 0 Å². The quantitative estimate of drug-likeness (QED) is 0.575. The second-order valence-electron chi connectivity index (χ2n) is 2.57. The Hall–Kier alpha value is -1.51. The zero-order valence-electron chi connectivity index (χ0n) is 5.79. The van der Waals surface area contributed by atoms with Gasteiger partial charge in [-0.3, -0.25) is 4.79 Å². The van der Waals surface area contributed by atoms with Crippen molar-refractivity contribution in [3.63, 3.8) is 0 Å². The molecule has 0 spiro atoms. The fraction of sp³-hybridized carbons (Fsp3) is 0.125. The number of anilines is 1. The summed E-state index contributed by atoms with van der Waals surface area (Å²) >= 11 is 0. The molecule has 3 nitrogen and oxygen atoms in total. The van der Waals surface area contributed by atoms with Gasteiger partial charge in [0.15, 0.2) is 0 Å². The lowest BCUT2D eigenvalue weighted by Gasteiger charge is -1.96. The molecule has 0 bridgehead atoms. The average Bonchev–Trinajstić information content (AvgIpc) is 2.27. The van der Waals surface area contributed by atoms with Crippen molar-refractivity contribution in [3.05, 3.63) is 23.8 Å². The third-order valence-corrected chi connectivity index (χ3v) is 1.72. The molecule has 0 aliphatic carbocycles. The molecule has 3 heteroatoms. The highest BCUT2D eigenvalue weighted by atomic mass is 16.3. The van der Waals surface area contributed by atoms with Gasteiger partial charge in [0.1, 0.15) is 5.75 Å². The van der Waals surface area contributed by atoms with Gasteiger partial charge in [-0.15, -0.1) is 0 Å². The van der Waals surface area contributed by atoms with Gasteiger partial charge in [0.05, 0.1) is 6.42 Å². The fourth-order valence-corrected chi connectivity index (χ4v) is 1.20. The van der Waals surface area contributed by atoms with Crippen LogP contribution < -0.4 is 5.32 Å². The van der Waals surface area contributed by atoms with Crippen LogP contribution in [0.1, 0.15) is 5.56 Å². The van der Waals surface area contributed by atoms with Crippen LogP contribution in [0, 0.1) is 0 Å². The third kappa shape index (κ3) is 0.941. The first kappa shape index (κ1) is 6.22. The van der Waals surface area contributed by atoms with Gasteiger partial charge in [-0.1, -0.05) is 6.07 Å². The van der Waals surface area contributed by atoms with Gasteiger partial charge < -0.3 is 10.4 Å². The van der Waals surface area contributed by atoms with Crippen molar-refractivity contribution in [2.75, 3.05) is 5.32 Å². The number of phenols is 1. The number of nitrogens with one attached hydrogen (secondary N) is 1. The van der Waals surface area contributed by atoms with Crippen molar-refractivity contribution in [2.24, 2.45) is 0 Å². The smallest absolute Gasteiger partial charge is 0.228 e. The topological polar surface area (TPSA) is 49.3 Å². The molecule has 1 aromatic rings. The van der Waals surface area contributed by atoms with Crippen LogP contribution in [0.4, 0.5) is 5.69 Å². The van der Waals surface area contributed by atoms with Gasteiger partial charge >= 0.3 is 0 Å². The van der Waals surface area contributed by atoms with E-state index in [0.717, 1.165) is 11.3 Å². The highest BCUT2D eigenvalue weighted by Crippen LogP contribution is 2.26. The van der Waals surface area contributed by atoms with Gasteiger partial charge in [-0.05, 0) is 11.6 Å². The van der Waals surface area contributed by atoms with E-state index in [1.807, 2.05) is 0 Å². The molecule has 0 radical (unpaired) electrons. The van der Waals surface area contributed by atoms with Crippen LogP contribution in [-0.4, -0.2) is 11.0 Å². The highest BCUT2D eigenvalue weighted by Gasteiger charge is 2.16. The lowest BCUT2D eigenvalue weighted by molar-refractivity contribution is -0.115. The molecule has 1 aliphatic rings. The number of carbonyl (C=O) groups excluding carboxylic acids is 1. The predicted molar refractivity (Wildman–Crippen MR) is 40.4 cm³/mol. The molecule has 0 aromatic heterocycles. The minimum atomic E-state index is -0.00870. The number of hydrogen-bond donors (Lipinski definition) is 2. The second-order valence-corrected chi connectivity index (χ2v) is 2.57. The Morgan fingerprint density at radius 1 is 1.45 bits per heavy atom. The first-order chi connectivity index (χ1) is 5.25. The van der Waals surface area contributed by atoms with E-state index in [1.54, 1.807) is 18.2 Å². The largest absolute Gasteiger partial charge is 0.508 e. The Kier molecular flexibility index (Phi) is 1.12. The van der Waals surface area contributed by atoms with Crippen molar-refractivity contribution in [2.45, 2.75) is 6.42 Å². The lowest BCUT2D eigenvalue weighted by atomic mass is 10.1. The molecule has 1 heterocycles. The van der Waals surface area contributed by atoms with E-state index >= 15 is 0 Å². The minimum Gasteiger partial charge on any atom is -0.508 e. The molecule has 11 heavy (non-hydrogen) atoms. The van der Waals surface area contributed by atoms with E-state index in [-0.39, 0.29) is 11.7 Å². The molecule has 56 valence electrons. The third-order valence-electron chi connectivity index (χ3n) is 1.72. The Morgan fingerprint density at radius 3 is 3.09 bits per heavy atom. The van der Waals surface area contributed by atoms with Crippen LogP contribution in [0.25, 0.3) is 0 Å². The number of hydrogen-bond acceptors (Lipinski definition) is 2. The van der Waals surface area contributed by atoms with Gasteiger partial charge in [0.25, 0.3) is 0 Å². The van der Waals surface area contributed by atoms with Crippen molar-refractivity contribution in [3.8, 4) is 5.75 Å². The van der Waals surface area contributed by atoms with Crippen LogP contribution in [0.15, 0.2) is 18.2 Å². The molecule has 1 amide bonds. The molecule has 0 saturated carbocycles. The molecular formula is C8H7NO2. The normalized spacial score (nSPS) is 14.4. The maximum absolute atomic E-state index is 10.8. The number of fused-ring (bicyclic) bond motifs is 1. The van der Waals surface area contributed by atoms with Crippen molar-refractivity contribution >= 4 is 11.6 Å². The molecule has 1 aromatic carbocycles. The van der Waals surface area contributed by atoms with E-state index < -0.39 is 0 Å². The van der Waals surface area contributed by atoms with Crippen LogP contribution in [0.2, 0.25) is 0 Å². The summed E-state index contributed by atoms with van der Waals surface area (Å²) in [5, 5.41) is 11.7. The zero-order chi connectivity index (χ0) is 7.84. The maximum atomic E-state index is 10.8. The summed E-state index contributed by atoms with van der Waals surface area (Å²) in [6.45, 7) is 0. The molecule has 0 fully saturated rings. The minimum absolute atomic E-state index is 0.00870. The summed E-state index contributed by atoms with van der Waals surface area (Å²) in [4.78, 5) is 10.8. The summed E-state index contributed by atoms with van der Waals surface area (Å²) in [5.74, 6) is 0.177. The highest BCUT2D eigenvalue weighted by molar-refractivity contribution is 5.99. The summed E-state index contributed by atoms with van der Waals surface area (Å²) < 4.78 is 0. The van der Waals surface area contributed by atoms with Crippen LogP contribution in [0.5, 0.6) is 5.75 Å². The second kappa shape index (κ2) is 1.99. The number of carbonyl (C=O) groups is 1. The van der Waals surface area contributed by atoms with Gasteiger partial charge in [-0.2, -0.15) is 0 Å². The predicted octanol–water partition coefficient (Wildman–Crippen LogP) is 0.887. The molecule has 0 atom stereocenters. The van der Waals surface area contributed by atoms with Crippen molar-refractivity contribution < 1.29 is 9.90 Å². The summed E-state index contributed by atoms with van der Waals surface area (Å²) in [7, 11) is 0. The molecular weight excluding hydrogens is 142 g/mol. The van der Waals surface area contributed by atoms with E-state index in [4.69, 9.17) is 5.11 Å². The van der Waals surface area contributed by atoms with E-state index in [9.17, 15) is 4.79 Å².